The molecule has 1 aliphatic heterocycles. The summed E-state index contributed by atoms with van der Waals surface area (Å²) in [6.45, 7) is 3.64. The Bertz CT molecular complexity index is 993. The molecule has 0 N–H and O–H groups in total. The molecule has 4 rings (SSSR count). The molecule has 0 saturated carbocycles. The van der Waals surface area contributed by atoms with Crippen molar-refractivity contribution in [1.29, 1.82) is 0 Å². The number of benzene rings is 2. The van der Waals surface area contributed by atoms with Gasteiger partial charge in [-0.25, -0.2) is 9.37 Å². The van der Waals surface area contributed by atoms with Gasteiger partial charge in [0, 0.05) is 25.9 Å². The molecule has 0 aliphatic carbocycles. The second-order valence-corrected chi connectivity index (χ2v) is 8.70. The van der Waals surface area contributed by atoms with Gasteiger partial charge >= 0.3 is 0 Å². The maximum Gasteiger partial charge on any atom is 0.144 e. The summed E-state index contributed by atoms with van der Waals surface area (Å²) in [4.78, 5) is 18.9. The van der Waals surface area contributed by atoms with E-state index < -0.39 is 0 Å². The average Bonchev–Trinajstić information content (AvgIpc) is 3.11. The number of alkyl halides is 1. The third kappa shape index (κ3) is 5.16. The van der Waals surface area contributed by atoms with Crippen LogP contribution >= 0.6 is 15.9 Å². The monoisotopic (exact) mass is 471 g/mol. The van der Waals surface area contributed by atoms with Gasteiger partial charge in [-0.15, -0.1) is 0 Å². The minimum Gasteiger partial charge on any atom is -0.323 e. The largest absolute Gasteiger partial charge is 0.323 e. The van der Waals surface area contributed by atoms with Crippen LogP contribution in [0.5, 0.6) is 0 Å². The predicted molar refractivity (Wildman–Crippen MR) is 122 cm³/mol. The van der Waals surface area contributed by atoms with Gasteiger partial charge in [-0.1, -0.05) is 40.2 Å². The van der Waals surface area contributed by atoms with E-state index in [2.05, 4.69) is 37.5 Å². The zero-order valence-corrected chi connectivity index (χ0v) is 18.7. The van der Waals surface area contributed by atoms with Crippen LogP contribution in [0.4, 0.5) is 4.39 Å². The van der Waals surface area contributed by atoms with E-state index in [9.17, 15) is 9.18 Å². The summed E-state index contributed by atoms with van der Waals surface area (Å²) < 4.78 is 15.6. The van der Waals surface area contributed by atoms with Crippen LogP contribution in [0.2, 0.25) is 0 Å². The molecule has 1 fully saturated rings. The Balaban J connectivity index is 1.45. The van der Waals surface area contributed by atoms with Crippen LogP contribution in [0.15, 0.2) is 48.5 Å². The van der Waals surface area contributed by atoms with Crippen LogP contribution < -0.4 is 0 Å². The number of likely N-dealkylation sites (tertiary alicyclic amines) is 1. The first-order valence-electron chi connectivity index (χ1n) is 10.6. The number of fused-ring (bicyclic) bond motifs is 1. The predicted octanol–water partition coefficient (Wildman–Crippen LogP) is 4.83. The number of carbonyl (C=O) groups excluding carboxylic acids is 1. The Morgan fingerprint density at radius 3 is 2.57 bits per heavy atom. The fraction of sp³-hybridized carbons (Fsp3) is 0.417. The minimum atomic E-state index is -0.209. The Labute approximate surface area is 185 Å². The Morgan fingerprint density at radius 2 is 1.83 bits per heavy atom. The van der Waals surface area contributed by atoms with Crippen molar-refractivity contribution in [3.63, 3.8) is 0 Å². The van der Waals surface area contributed by atoms with Crippen molar-refractivity contribution >= 4 is 32.7 Å². The van der Waals surface area contributed by atoms with Crippen molar-refractivity contribution in [2.45, 2.75) is 32.2 Å². The average molecular weight is 472 g/mol. The second kappa shape index (κ2) is 9.84. The van der Waals surface area contributed by atoms with Gasteiger partial charge in [0.2, 0.25) is 0 Å². The zero-order chi connectivity index (χ0) is 20.9. The standard InChI is InChI=1S/C24H27BrFN3O/c25-16-21(30)11-14-28-12-9-18(10-13-28)15-24-27-22-3-1-2-4-23(22)29(24)17-19-5-7-20(26)8-6-19/h1-8,18H,9-17H2. The molecule has 0 bridgehead atoms. The number of para-hydroxylation sites is 2. The first kappa shape index (κ1) is 21.2. The summed E-state index contributed by atoms with van der Waals surface area (Å²) in [6.07, 6.45) is 3.83. The van der Waals surface area contributed by atoms with Crippen molar-refractivity contribution < 1.29 is 9.18 Å². The molecule has 1 aliphatic rings. The van der Waals surface area contributed by atoms with E-state index >= 15 is 0 Å². The number of piperidine rings is 1. The highest BCUT2D eigenvalue weighted by Gasteiger charge is 2.22. The van der Waals surface area contributed by atoms with Crippen LogP contribution in [0.3, 0.4) is 0 Å². The lowest BCUT2D eigenvalue weighted by atomic mass is 9.93. The molecule has 0 unspecified atom stereocenters. The maximum absolute atomic E-state index is 13.3. The zero-order valence-electron chi connectivity index (χ0n) is 17.1. The van der Waals surface area contributed by atoms with E-state index in [1.165, 1.54) is 12.1 Å². The van der Waals surface area contributed by atoms with Crippen molar-refractivity contribution in [3.05, 3.63) is 65.7 Å². The van der Waals surface area contributed by atoms with E-state index in [-0.39, 0.29) is 11.6 Å². The van der Waals surface area contributed by atoms with Crippen LogP contribution in [0.25, 0.3) is 11.0 Å². The van der Waals surface area contributed by atoms with Gasteiger partial charge in [-0.05, 0) is 61.7 Å². The van der Waals surface area contributed by atoms with E-state index in [4.69, 9.17) is 4.98 Å². The quantitative estimate of drug-likeness (QED) is 0.441. The SMILES string of the molecule is O=C(CBr)CCN1CCC(Cc2nc3ccccc3n2Cc2ccc(F)cc2)CC1. The van der Waals surface area contributed by atoms with Crippen molar-refractivity contribution in [3.8, 4) is 0 Å². The van der Waals surface area contributed by atoms with E-state index in [1.54, 1.807) is 0 Å². The van der Waals surface area contributed by atoms with Crippen molar-refractivity contribution in [2.24, 2.45) is 5.92 Å². The van der Waals surface area contributed by atoms with E-state index in [0.29, 0.717) is 24.2 Å². The Morgan fingerprint density at radius 1 is 1.10 bits per heavy atom. The molecule has 0 atom stereocenters. The van der Waals surface area contributed by atoms with Gasteiger partial charge in [-0.2, -0.15) is 0 Å². The molecular formula is C24H27BrFN3O. The summed E-state index contributed by atoms with van der Waals surface area (Å²) in [7, 11) is 0. The fourth-order valence-corrected chi connectivity index (χ4v) is 4.53. The number of imidazole rings is 1. The lowest BCUT2D eigenvalue weighted by Gasteiger charge is -2.31. The number of Topliss-reactive ketones (excluding diaryl/α,β-unsaturated/α-hetero) is 1. The topological polar surface area (TPSA) is 38.1 Å². The fourth-order valence-electron chi connectivity index (χ4n) is 4.25. The number of halogens is 2. The number of rotatable bonds is 8. The molecular weight excluding hydrogens is 445 g/mol. The van der Waals surface area contributed by atoms with Gasteiger partial charge in [0.1, 0.15) is 17.4 Å². The first-order chi connectivity index (χ1) is 14.6. The molecule has 0 radical (unpaired) electrons. The Hall–Kier alpha value is -2.05. The van der Waals surface area contributed by atoms with Crippen LogP contribution in [0.1, 0.15) is 30.7 Å². The number of nitrogens with zero attached hydrogens (tertiary/aromatic N) is 3. The molecule has 4 nitrogen and oxygen atoms in total. The van der Waals surface area contributed by atoms with Crippen LogP contribution in [-0.4, -0.2) is 45.2 Å². The minimum absolute atomic E-state index is 0.209. The molecule has 3 aromatic rings. The third-order valence-electron chi connectivity index (χ3n) is 6.02. The van der Waals surface area contributed by atoms with Gasteiger partial charge in [0.25, 0.3) is 0 Å². The highest BCUT2D eigenvalue weighted by molar-refractivity contribution is 9.09. The first-order valence-corrected chi connectivity index (χ1v) is 11.7. The number of ketones is 1. The lowest BCUT2D eigenvalue weighted by Crippen LogP contribution is -2.36. The molecule has 2 heterocycles. The summed E-state index contributed by atoms with van der Waals surface area (Å²) >= 11 is 3.24. The third-order valence-corrected chi connectivity index (χ3v) is 6.65. The number of hydrogen-bond acceptors (Lipinski definition) is 3. The summed E-state index contributed by atoms with van der Waals surface area (Å²) in [5.74, 6) is 1.76. The molecule has 30 heavy (non-hydrogen) atoms. The van der Waals surface area contributed by atoms with Gasteiger partial charge < -0.3 is 9.47 Å². The highest BCUT2D eigenvalue weighted by Crippen LogP contribution is 2.25. The highest BCUT2D eigenvalue weighted by atomic mass is 79.9. The molecule has 0 amide bonds. The van der Waals surface area contributed by atoms with Crippen molar-refractivity contribution in [2.75, 3.05) is 25.0 Å². The van der Waals surface area contributed by atoms with Crippen LogP contribution in [0, 0.1) is 11.7 Å². The summed E-state index contributed by atoms with van der Waals surface area (Å²) in [5.41, 5.74) is 3.22. The summed E-state index contributed by atoms with van der Waals surface area (Å²) in [5, 5.41) is 0.452. The molecule has 1 aromatic heterocycles. The van der Waals surface area contributed by atoms with Gasteiger partial charge in [0.05, 0.1) is 16.4 Å². The molecule has 2 aromatic carbocycles. The van der Waals surface area contributed by atoms with Gasteiger partial charge in [-0.3, -0.25) is 4.79 Å². The lowest BCUT2D eigenvalue weighted by molar-refractivity contribution is -0.116. The van der Waals surface area contributed by atoms with Crippen LogP contribution in [-0.2, 0) is 17.8 Å². The smallest absolute Gasteiger partial charge is 0.144 e. The molecule has 158 valence electrons. The Kier molecular flexibility index (Phi) is 6.95. The van der Waals surface area contributed by atoms with E-state index in [1.807, 2.05) is 24.3 Å². The van der Waals surface area contributed by atoms with Crippen molar-refractivity contribution in [1.82, 2.24) is 14.5 Å². The summed E-state index contributed by atoms with van der Waals surface area (Å²) in [6, 6.07) is 15.0. The normalized spacial score (nSPS) is 15.7. The van der Waals surface area contributed by atoms with E-state index in [0.717, 1.165) is 61.3 Å². The molecule has 0 spiro atoms. The molecule has 1 saturated heterocycles. The number of hydrogen-bond donors (Lipinski definition) is 0. The second-order valence-electron chi connectivity index (χ2n) is 8.14. The maximum atomic E-state index is 13.3. The van der Waals surface area contributed by atoms with Gasteiger partial charge in [0.15, 0.2) is 0 Å². The molecule has 6 heteroatoms. The number of carbonyl (C=O) groups is 1. The number of aromatic nitrogens is 2.